The zero-order valence-corrected chi connectivity index (χ0v) is 11.6. The van der Waals surface area contributed by atoms with Crippen LogP contribution in [0.25, 0.3) is 5.69 Å². The van der Waals surface area contributed by atoms with Crippen LogP contribution in [0, 0.1) is 0 Å². The third-order valence-electron chi connectivity index (χ3n) is 2.48. The molecule has 1 amide bonds. The van der Waals surface area contributed by atoms with Crippen LogP contribution in [0.5, 0.6) is 5.75 Å². The van der Waals surface area contributed by atoms with Gasteiger partial charge in [0.25, 0.3) is 5.91 Å². The molecule has 94 valence electrons. The molecule has 6 heteroatoms. The molecule has 0 bridgehead atoms. The van der Waals surface area contributed by atoms with Crippen molar-refractivity contribution in [3.05, 3.63) is 40.6 Å². The number of rotatable bonds is 3. The van der Waals surface area contributed by atoms with Gasteiger partial charge in [-0.15, -0.1) is 0 Å². The zero-order chi connectivity index (χ0) is 13.1. The summed E-state index contributed by atoms with van der Waals surface area (Å²) < 4.78 is 7.39. The molecule has 0 saturated carbocycles. The van der Waals surface area contributed by atoms with Gasteiger partial charge in [-0.1, -0.05) is 6.07 Å². The molecular weight excluding hydrogens is 298 g/mol. The van der Waals surface area contributed by atoms with Crippen molar-refractivity contribution in [3.8, 4) is 11.4 Å². The van der Waals surface area contributed by atoms with Crippen molar-refractivity contribution in [1.82, 2.24) is 15.1 Å². The quantitative estimate of drug-likeness (QED) is 0.943. The highest BCUT2D eigenvalue weighted by Crippen LogP contribution is 2.23. The van der Waals surface area contributed by atoms with E-state index in [-0.39, 0.29) is 5.91 Å². The highest BCUT2D eigenvalue weighted by atomic mass is 79.9. The van der Waals surface area contributed by atoms with E-state index in [9.17, 15) is 4.79 Å². The van der Waals surface area contributed by atoms with Gasteiger partial charge in [0.1, 0.15) is 10.4 Å². The maximum Gasteiger partial charge on any atom is 0.255 e. The zero-order valence-electron chi connectivity index (χ0n) is 9.98. The highest BCUT2D eigenvalue weighted by Gasteiger charge is 2.15. The van der Waals surface area contributed by atoms with Gasteiger partial charge in [0.05, 0.1) is 24.6 Å². The predicted octanol–water partition coefficient (Wildman–Crippen LogP) is 2.00. The topological polar surface area (TPSA) is 56.2 Å². The Kier molecular flexibility index (Phi) is 3.66. The monoisotopic (exact) mass is 309 g/mol. The van der Waals surface area contributed by atoms with Crippen molar-refractivity contribution < 1.29 is 9.53 Å². The summed E-state index contributed by atoms with van der Waals surface area (Å²) in [5, 5.41) is 6.75. The maximum atomic E-state index is 11.6. The van der Waals surface area contributed by atoms with Crippen LogP contribution < -0.4 is 10.1 Å². The number of benzene rings is 1. The molecule has 1 aromatic carbocycles. The molecule has 0 aliphatic heterocycles. The smallest absolute Gasteiger partial charge is 0.255 e. The summed E-state index contributed by atoms with van der Waals surface area (Å²) in [5.41, 5.74) is 1.30. The number of ether oxygens (including phenoxy) is 1. The number of aromatic nitrogens is 2. The summed E-state index contributed by atoms with van der Waals surface area (Å²) in [6.45, 7) is 0. The lowest BCUT2D eigenvalue weighted by Crippen LogP contribution is -2.17. The Morgan fingerprint density at radius 2 is 2.28 bits per heavy atom. The van der Waals surface area contributed by atoms with Gasteiger partial charge in [0, 0.05) is 13.1 Å². The minimum atomic E-state index is -0.184. The van der Waals surface area contributed by atoms with Crippen LogP contribution in [-0.4, -0.2) is 29.8 Å². The van der Waals surface area contributed by atoms with E-state index in [0.717, 1.165) is 11.4 Å². The Balaban J connectivity index is 2.45. The summed E-state index contributed by atoms with van der Waals surface area (Å²) in [4.78, 5) is 11.6. The molecule has 1 heterocycles. The molecule has 18 heavy (non-hydrogen) atoms. The first-order valence-corrected chi connectivity index (χ1v) is 6.06. The van der Waals surface area contributed by atoms with Gasteiger partial charge in [-0.25, -0.2) is 4.68 Å². The van der Waals surface area contributed by atoms with E-state index in [1.54, 1.807) is 18.8 Å². The first-order valence-electron chi connectivity index (χ1n) is 5.27. The maximum absolute atomic E-state index is 11.6. The molecule has 0 aliphatic rings. The number of carbonyl (C=O) groups excluding carboxylic acids is 1. The summed E-state index contributed by atoms with van der Waals surface area (Å²) >= 11 is 3.37. The molecule has 2 rings (SSSR count). The molecule has 0 spiro atoms. The van der Waals surface area contributed by atoms with Crippen molar-refractivity contribution in [3.63, 3.8) is 0 Å². The Bertz CT molecular complexity index is 580. The van der Waals surface area contributed by atoms with E-state index >= 15 is 0 Å². The van der Waals surface area contributed by atoms with Gasteiger partial charge in [-0.2, -0.15) is 5.10 Å². The molecule has 0 atom stereocenters. The minimum absolute atomic E-state index is 0.184. The van der Waals surface area contributed by atoms with Crippen LogP contribution in [0.4, 0.5) is 0 Å². The van der Waals surface area contributed by atoms with E-state index in [1.165, 1.54) is 6.20 Å². The van der Waals surface area contributed by atoms with Crippen molar-refractivity contribution in [1.29, 1.82) is 0 Å². The fourth-order valence-electron chi connectivity index (χ4n) is 1.54. The van der Waals surface area contributed by atoms with Crippen LogP contribution in [-0.2, 0) is 0 Å². The number of nitrogens with zero attached hydrogens (tertiary/aromatic N) is 2. The predicted molar refractivity (Wildman–Crippen MR) is 71.2 cm³/mol. The number of amides is 1. The molecule has 2 aromatic rings. The molecule has 0 unspecified atom stereocenters. The van der Waals surface area contributed by atoms with Gasteiger partial charge < -0.3 is 10.1 Å². The van der Waals surface area contributed by atoms with Gasteiger partial charge in [-0.05, 0) is 28.1 Å². The number of methoxy groups -OCH3 is 1. The van der Waals surface area contributed by atoms with Crippen molar-refractivity contribution >= 4 is 21.8 Å². The van der Waals surface area contributed by atoms with Crippen LogP contribution in [0.3, 0.4) is 0 Å². The Hall–Kier alpha value is -1.82. The second-order valence-corrected chi connectivity index (χ2v) is 4.29. The molecule has 1 N–H and O–H groups in total. The third kappa shape index (κ3) is 2.24. The minimum Gasteiger partial charge on any atom is -0.497 e. The summed E-state index contributed by atoms with van der Waals surface area (Å²) in [6, 6.07) is 7.43. The van der Waals surface area contributed by atoms with Gasteiger partial charge in [0.15, 0.2) is 0 Å². The van der Waals surface area contributed by atoms with E-state index in [0.29, 0.717) is 10.2 Å². The largest absolute Gasteiger partial charge is 0.497 e. The Morgan fingerprint density at radius 3 is 2.94 bits per heavy atom. The van der Waals surface area contributed by atoms with Crippen molar-refractivity contribution in [2.45, 2.75) is 0 Å². The lowest BCUT2D eigenvalue weighted by atomic mass is 10.3. The second kappa shape index (κ2) is 5.22. The summed E-state index contributed by atoms with van der Waals surface area (Å²) in [6.07, 6.45) is 1.52. The third-order valence-corrected chi connectivity index (χ3v) is 3.24. The molecule has 0 radical (unpaired) electrons. The lowest BCUT2D eigenvalue weighted by Gasteiger charge is -2.06. The molecule has 0 aliphatic carbocycles. The average molecular weight is 310 g/mol. The van der Waals surface area contributed by atoms with E-state index in [1.807, 2.05) is 24.3 Å². The first kappa shape index (κ1) is 12.6. The summed E-state index contributed by atoms with van der Waals surface area (Å²) in [7, 11) is 3.19. The molecule has 5 nitrogen and oxygen atoms in total. The number of halogens is 1. The van der Waals surface area contributed by atoms with Gasteiger partial charge in [-0.3, -0.25) is 4.79 Å². The molecule has 0 fully saturated rings. The van der Waals surface area contributed by atoms with Gasteiger partial charge >= 0.3 is 0 Å². The van der Waals surface area contributed by atoms with Crippen LogP contribution >= 0.6 is 15.9 Å². The first-order chi connectivity index (χ1) is 8.67. The second-order valence-electron chi connectivity index (χ2n) is 3.54. The van der Waals surface area contributed by atoms with Crippen molar-refractivity contribution in [2.24, 2.45) is 0 Å². The lowest BCUT2D eigenvalue weighted by molar-refractivity contribution is 0.0962. The molecule has 1 aromatic heterocycles. The highest BCUT2D eigenvalue weighted by molar-refractivity contribution is 9.10. The summed E-state index contributed by atoms with van der Waals surface area (Å²) in [5.74, 6) is 0.549. The van der Waals surface area contributed by atoms with E-state index in [4.69, 9.17) is 4.74 Å². The SMILES string of the molecule is CNC(=O)c1cnn(-c2cccc(OC)c2)c1Br. The Labute approximate surface area is 113 Å². The Morgan fingerprint density at radius 1 is 1.50 bits per heavy atom. The van der Waals surface area contributed by atoms with Gasteiger partial charge in [0.2, 0.25) is 0 Å². The van der Waals surface area contributed by atoms with Crippen LogP contribution in [0.15, 0.2) is 35.1 Å². The average Bonchev–Trinajstić information content (AvgIpc) is 2.80. The number of hydrogen-bond donors (Lipinski definition) is 1. The van der Waals surface area contributed by atoms with E-state index < -0.39 is 0 Å². The van der Waals surface area contributed by atoms with Crippen molar-refractivity contribution in [2.75, 3.05) is 14.2 Å². The standard InChI is InChI=1S/C12H12BrN3O2/c1-14-12(17)10-7-15-16(11(10)13)8-4-3-5-9(6-8)18-2/h3-7H,1-2H3,(H,14,17). The fraction of sp³-hybridized carbons (Fsp3) is 0.167. The molecule has 0 saturated heterocycles. The van der Waals surface area contributed by atoms with Crippen LogP contribution in [0.2, 0.25) is 0 Å². The number of carbonyl (C=O) groups is 1. The normalized spacial score (nSPS) is 10.2. The molecular formula is C12H12BrN3O2. The number of nitrogens with one attached hydrogen (secondary N) is 1. The van der Waals surface area contributed by atoms with E-state index in [2.05, 4.69) is 26.3 Å². The van der Waals surface area contributed by atoms with Crippen LogP contribution in [0.1, 0.15) is 10.4 Å². The fourth-order valence-corrected chi connectivity index (χ4v) is 2.12. The number of hydrogen-bond acceptors (Lipinski definition) is 3.